The molecule has 7 nitrogen and oxygen atoms in total. The summed E-state index contributed by atoms with van der Waals surface area (Å²) in [5, 5.41) is 12.7. The van der Waals surface area contributed by atoms with Crippen LogP contribution in [0.5, 0.6) is 5.75 Å². The first kappa shape index (κ1) is 33.1. The van der Waals surface area contributed by atoms with Crippen LogP contribution in [0.4, 0.5) is 10.1 Å². The number of carbonyl (C=O) groups excluding carboxylic acids is 1. The summed E-state index contributed by atoms with van der Waals surface area (Å²) in [4.78, 5) is 20.3. The average molecular weight is 692 g/mol. The molecule has 3 aromatic rings. The van der Waals surface area contributed by atoms with Crippen LogP contribution in [0.3, 0.4) is 0 Å². The summed E-state index contributed by atoms with van der Waals surface area (Å²) in [5.41, 5.74) is 1.60. The lowest BCUT2D eigenvalue weighted by Crippen LogP contribution is -2.52. The van der Waals surface area contributed by atoms with Gasteiger partial charge in [-0.1, -0.05) is 36.7 Å². The zero-order valence-electron chi connectivity index (χ0n) is 27.5. The Balaban J connectivity index is 1.36. The van der Waals surface area contributed by atoms with Crippen LogP contribution in [0.1, 0.15) is 73.1 Å². The van der Waals surface area contributed by atoms with Crippen LogP contribution in [0.2, 0.25) is 5.02 Å². The van der Waals surface area contributed by atoms with Crippen molar-refractivity contribution in [2.24, 2.45) is 17.8 Å². The molecule has 1 aromatic heterocycles. The van der Waals surface area contributed by atoms with Crippen molar-refractivity contribution in [3.05, 3.63) is 100 Å². The fourth-order valence-electron chi connectivity index (χ4n) is 8.30. The van der Waals surface area contributed by atoms with E-state index < -0.39 is 32.3 Å². The predicted molar refractivity (Wildman–Crippen MR) is 190 cm³/mol. The monoisotopic (exact) mass is 691 g/mol. The third-order valence-corrected chi connectivity index (χ3v) is 13.9. The fourth-order valence-corrected chi connectivity index (χ4v) is 9.98. The highest BCUT2D eigenvalue weighted by atomic mass is 35.5. The molecule has 0 radical (unpaired) electrons. The van der Waals surface area contributed by atoms with Gasteiger partial charge in [-0.3, -0.25) is 14.5 Å². The topological polar surface area (TPSA) is 91.8 Å². The summed E-state index contributed by atoms with van der Waals surface area (Å²) in [7, 11) is -3.06. The summed E-state index contributed by atoms with van der Waals surface area (Å²) < 4.78 is 38.6. The molecule has 1 unspecified atom stereocenters. The highest BCUT2D eigenvalue weighted by Crippen LogP contribution is 2.50. The molecule has 48 heavy (non-hydrogen) atoms. The standard InChI is InChI=1S/C38H43ClFN3O4S/c1-24-7-4-17-38(45,35-32(40)9-6-18-41-35)31-13-10-28(31)21-43-22-37(16-5-8-26-19-29(39)12-14-30(26)37)23-47-34-15-11-27(20-33(34)43)36(44)42-48(3,46)25(24)2/h4,6,9,11-12,14-15,17-20,24-25,28,31,45H,3,5,7-8,10,13,16,21-23H2,1-2H3,(H,42,44,46)/b17-4+/t24-,25+,28-,31+,37-,38-,48?/m0/s1. The van der Waals surface area contributed by atoms with E-state index in [0.717, 1.165) is 31.4 Å². The Morgan fingerprint density at radius 1 is 1.19 bits per heavy atom. The zero-order valence-corrected chi connectivity index (χ0v) is 29.0. The van der Waals surface area contributed by atoms with Crippen LogP contribution in [0.25, 0.3) is 0 Å². The quantitative estimate of drug-likeness (QED) is 0.221. The average Bonchev–Trinajstić information content (AvgIpc) is 3.18. The normalized spacial score (nSPS) is 34.1. The van der Waals surface area contributed by atoms with E-state index in [2.05, 4.69) is 32.6 Å². The fraction of sp³-hybridized carbons (Fsp3) is 0.447. The van der Waals surface area contributed by atoms with E-state index >= 15 is 4.39 Å². The molecule has 254 valence electrons. The highest BCUT2D eigenvalue weighted by Gasteiger charge is 2.50. The molecule has 2 N–H and O–H groups in total. The smallest absolute Gasteiger partial charge is 0.262 e. The Hall–Kier alpha value is -3.40. The molecule has 1 saturated carbocycles. The third-order valence-electron chi connectivity index (χ3n) is 11.4. The second-order valence-corrected chi connectivity index (χ2v) is 17.2. The molecule has 1 spiro atoms. The number of fused-ring (bicyclic) bond motifs is 4. The SMILES string of the molecule is C=S1(=O)NC(=O)c2ccc3c(c2)N(C[C@@H]2CC[C@H]2[C@](O)(c2ncccc2F)/C=C/C[C@H](C)[C@H]1C)C[C@@]1(CCCc2cc(Cl)ccc21)CO3. The van der Waals surface area contributed by atoms with E-state index in [1.807, 2.05) is 38.1 Å². The van der Waals surface area contributed by atoms with Gasteiger partial charge in [0.2, 0.25) is 0 Å². The van der Waals surface area contributed by atoms with Crippen molar-refractivity contribution in [3.8, 4) is 5.75 Å². The molecule has 2 aliphatic carbocycles. The van der Waals surface area contributed by atoms with Gasteiger partial charge in [0.25, 0.3) is 5.91 Å². The van der Waals surface area contributed by atoms with Gasteiger partial charge in [-0.05, 0) is 117 Å². The number of halogens is 2. The molecule has 3 heterocycles. The van der Waals surface area contributed by atoms with Gasteiger partial charge in [0.05, 0.1) is 22.0 Å². The highest BCUT2D eigenvalue weighted by molar-refractivity contribution is 7.99. The van der Waals surface area contributed by atoms with Crippen molar-refractivity contribution in [2.45, 2.75) is 68.6 Å². The number of nitrogens with one attached hydrogen (secondary N) is 1. The molecule has 7 atom stereocenters. The number of benzene rings is 2. The van der Waals surface area contributed by atoms with Crippen LogP contribution in [0.15, 0.2) is 66.9 Å². The number of ether oxygens (including phenoxy) is 1. The van der Waals surface area contributed by atoms with Crippen LogP contribution < -0.4 is 14.4 Å². The van der Waals surface area contributed by atoms with E-state index in [1.165, 1.54) is 29.5 Å². The van der Waals surface area contributed by atoms with Gasteiger partial charge in [0.15, 0.2) is 0 Å². The van der Waals surface area contributed by atoms with Gasteiger partial charge < -0.3 is 14.7 Å². The van der Waals surface area contributed by atoms with Crippen molar-refractivity contribution in [2.75, 3.05) is 24.6 Å². The van der Waals surface area contributed by atoms with Gasteiger partial charge in [0, 0.05) is 46.5 Å². The first-order chi connectivity index (χ1) is 22.9. The van der Waals surface area contributed by atoms with Crippen LogP contribution in [-0.4, -0.2) is 51.0 Å². The number of pyridine rings is 1. The lowest BCUT2D eigenvalue weighted by atomic mass is 9.63. The van der Waals surface area contributed by atoms with E-state index in [1.54, 1.807) is 12.1 Å². The van der Waals surface area contributed by atoms with E-state index in [-0.39, 0.29) is 28.9 Å². The Kier molecular flexibility index (Phi) is 8.61. The minimum Gasteiger partial charge on any atom is -0.490 e. The minimum atomic E-state index is -3.06. The number of hydrogen-bond donors (Lipinski definition) is 2. The largest absolute Gasteiger partial charge is 0.490 e. The summed E-state index contributed by atoms with van der Waals surface area (Å²) in [6.45, 7) is 5.38. The van der Waals surface area contributed by atoms with E-state index in [9.17, 15) is 14.1 Å². The van der Waals surface area contributed by atoms with E-state index in [4.69, 9.17) is 16.3 Å². The number of anilines is 1. The third kappa shape index (κ3) is 5.81. The number of hydrogen-bond acceptors (Lipinski definition) is 6. The molecule has 2 aromatic carbocycles. The Labute approximate surface area is 287 Å². The number of aromatic nitrogens is 1. The lowest BCUT2D eigenvalue weighted by Gasteiger charge is -2.49. The first-order valence-electron chi connectivity index (χ1n) is 16.9. The summed E-state index contributed by atoms with van der Waals surface area (Å²) in [5.74, 6) is 3.15. The second kappa shape index (κ2) is 12.5. The number of nitrogens with zero attached hydrogens (tertiary/aromatic N) is 2. The maximum absolute atomic E-state index is 15.4. The van der Waals surface area contributed by atoms with Gasteiger partial charge >= 0.3 is 0 Å². The molecule has 2 aliphatic heterocycles. The predicted octanol–water partition coefficient (Wildman–Crippen LogP) is 6.61. The van der Waals surface area contributed by atoms with E-state index in [0.29, 0.717) is 48.9 Å². The summed E-state index contributed by atoms with van der Waals surface area (Å²) in [6.07, 6.45) is 9.88. The second-order valence-electron chi connectivity index (χ2n) is 14.4. The Bertz CT molecular complexity index is 1890. The zero-order chi connectivity index (χ0) is 33.8. The van der Waals surface area contributed by atoms with Crippen molar-refractivity contribution >= 4 is 38.8 Å². The van der Waals surface area contributed by atoms with Gasteiger partial charge in [-0.2, -0.15) is 0 Å². The lowest BCUT2D eigenvalue weighted by molar-refractivity contribution is -0.0552. The van der Waals surface area contributed by atoms with Crippen LogP contribution in [-0.2, 0) is 27.1 Å². The van der Waals surface area contributed by atoms with Crippen molar-refractivity contribution in [3.63, 3.8) is 0 Å². The van der Waals surface area contributed by atoms with Crippen molar-refractivity contribution < 1.29 is 23.2 Å². The number of aliphatic hydroxyl groups is 1. The number of amides is 1. The summed E-state index contributed by atoms with van der Waals surface area (Å²) in [6, 6.07) is 14.3. The number of allylic oxidation sites excluding steroid dienone is 1. The van der Waals surface area contributed by atoms with Gasteiger partial charge in [-0.25, -0.2) is 8.60 Å². The van der Waals surface area contributed by atoms with Crippen LogP contribution in [0, 0.1) is 23.6 Å². The number of rotatable bonds is 1. The molecule has 10 heteroatoms. The first-order valence-corrected chi connectivity index (χ1v) is 19.1. The molecular weight excluding hydrogens is 649 g/mol. The molecule has 7 rings (SSSR count). The maximum atomic E-state index is 15.4. The molecule has 2 bridgehead atoms. The molecule has 0 saturated heterocycles. The molecule has 1 fully saturated rings. The van der Waals surface area contributed by atoms with Crippen LogP contribution >= 0.6 is 11.6 Å². The number of aryl methyl sites for hydroxylation is 1. The van der Waals surface area contributed by atoms with Crippen molar-refractivity contribution in [1.82, 2.24) is 9.71 Å². The Morgan fingerprint density at radius 2 is 2.02 bits per heavy atom. The maximum Gasteiger partial charge on any atom is 0.262 e. The Morgan fingerprint density at radius 3 is 2.79 bits per heavy atom. The molecular formula is C38H43ClFN3O4S. The van der Waals surface area contributed by atoms with Crippen molar-refractivity contribution in [1.29, 1.82) is 0 Å². The number of carbonyl (C=O) groups is 1. The van der Waals surface area contributed by atoms with Gasteiger partial charge in [-0.15, -0.1) is 0 Å². The molecule has 4 aliphatic rings. The van der Waals surface area contributed by atoms with Gasteiger partial charge in [0.1, 0.15) is 22.9 Å². The summed E-state index contributed by atoms with van der Waals surface area (Å²) >= 11 is 6.44. The molecule has 1 amide bonds. The minimum absolute atomic E-state index is 0.00218.